The Kier molecular flexibility index (Phi) is 4.73. The minimum atomic E-state index is -4.70. The largest absolute Gasteiger partial charge is 0.478 e. The van der Waals surface area contributed by atoms with Crippen molar-refractivity contribution in [1.82, 2.24) is 0 Å². The van der Waals surface area contributed by atoms with E-state index >= 15 is 0 Å². The Bertz CT molecular complexity index is 311. The number of aliphatic carboxylic acids is 1. The van der Waals surface area contributed by atoms with Gasteiger partial charge in [0.05, 0.1) is 0 Å². The predicted molar refractivity (Wildman–Crippen MR) is 52.2 cm³/mol. The molecule has 7 heteroatoms. The number of halogens is 3. The van der Waals surface area contributed by atoms with Crippen molar-refractivity contribution in [2.45, 2.75) is 33.1 Å². The highest BCUT2D eigenvalue weighted by Gasteiger charge is 2.49. The maximum Gasteiger partial charge on any atom is 0.426 e. The average molecular weight is 254 g/mol. The summed E-state index contributed by atoms with van der Waals surface area (Å²) < 4.78 is 41.9. The van der Waals surface area contributed by atoms with Gasteiger partial charge >= 0.3 is 18.1 Å². The van der Waals surface area contributed by atoms with E-state index in [1.165, 1.54) is 20.8 Å². The van der Waals surface area contributed by atoms with Crippen LogP contribution in [0, 0.1) is 5.41 Å². The third-order valence-electron chi connectivity index (χ3n) is 1.68. The van der Waals surface area contributed by atoms with Gasteiger partial charge < -0.3 is 9.84 Å². The summed E-state index contributed by atoms with van der Waals surface area (Å²) in [5.41, 5.74) is -1.33. The SMILES string of the molecule is CC(C)(C)C(OC(=O)/C=C\C(=O)O)C(F)(F)F. The summed E-state index contributed by atoms with van der Waals surface area (Å²) in [7, 11) is 0. The van der Waals surface area contributed by atoms with Crippen LogP contribution in [0.2, 0.25) is 0 Å². The molecule has 0 spiro atoms. The van der Waals surface area contributed by atoms with Crippen LogP contribution in [-0.4, -0.2) is 29.3 Å². The van der Waals surface area contributed by atoms with Gasteiger partial charge in [-0.3, -0.25) is 0 Å². The van der Waals surface area contributed by atoms with E-state index in [9.17, 15) is 22.8 Å². The molecule has 0 saturated carbocycles. The third kappa shape index (κ3) is 5.94. The summed E-state index contributed by atoms with van der Waals surface area (Å²) in [6.07, 6.45) is -6.14. The number of hydrogen-bond acceptors (Lipinski definition) is 3. The van der Waals surface area contributed by atoms with Crippen LogP contribution in [0.3, 0.4) is 0 Å². The number of carbonyl (C=O) groups is 2. The Balaban J connectivity index is 4.80. The van der Waals surface area contributed by atoms with Crippen LogP contribution in [0.4, 0.5) is 13.2 Å². The number of carbonyl (C=O) groups excluding carboxylic acids is 1. The van der Waals surface area contributed by atoms with Gasteiger partial charge in [0.2, 0.25) is 6.10 Å². The molecule has 0 bridgehead atoms. The molecule has 1 atom stereocenters. The van der Waals surface area contributed by atoms with Crippen molar-refractivity contribution in [2.24, 2.45) is 5.41 Å². The number of esters is 1. The molecule has 1 N–H and O–H groups in total. The molecule has 0 fully saturated rings. The molecule has 0 heterocycles. The third-order valence-corrected chi connectivity index (χ3v) is 1.68. The standard InChI is InChI=1S/C10H13F3O4/c1-9(2,3)8(10(11,12)13)17-7(16)5-4-6(14)15/h4-5,8H,1-3H3,(H,14,15)/b5-4-. The molecule has 0 aromatic heterocycles. The number of carboxylic acid groups (broad SMARTS) is 1. The van der Waals surface area contributed by atoms with Gasteiger partial charge in [-0.25, -0.2) is 9.59 Å². The second-order valence-corrected chi connectivity index (χ2v) is 4.40. The first-order chi connectivity index (χ1) is 7.44. The van der Waals surface area contributed by atoms with Crippen molar-refractivity contribution in [3.63, 3.8) is 0 Å². The molecule has 4 nitrogen and oxygen atoms in total. The molecule has 17 heavy (non-hydrogen) atoms. The minimum Gasteiger partial charge on any atom is -0.478 e. The Labute approximate surface area is 96.1 Å². The van der Waals surface area contributed by atoms with E-state index in [0.717, 1.165) is 0 Å². The Morgan fingerprint density at radius 2 is 1.65 bits per heavy atom. The molecular weight excluding hydrogens is 241 g/mol. The highest BCUT2D eigenvalue weighted by Crippen LogP contribution is 2.35. The Morgan fingerprint density at radius 1 is 1.18 bits per heavy atom. The second-order valence-electron chi connectivity index (χ2n) is 4.40. The second kappa shape index (κ2) is 5.20. The van der Waals surface area contributed by atoms with E-state index in [1.54, 1.807) is 0 Å². The molecule has 98 valence electrons. The van der Waals surface area contributed by atoms with Crippen LogP contribution >= 0.6 is 0 Å². The Morgan fingerprint density at radius 3 is 1.94 bits per heavy atom. The molecule has 0 aliphatic heterocycles. The van der Waals surface area contributed by atoms with Crippen LogP contribution in [-0.2, 0) is 14.3 Å². The normalized spacial score (nSPS) is 14.7. The van der Waals surface area contributed by atoms with Crippen LogP contribution in [0.15, 0.2) is 12.2 Å². The lowest BCUT2D eigenvalue weighted by atomic mass is 9.88. The maximum absolute atomic E-state index is 12.6. The predicted octanol–water partition coefficient (Wildman–Crippen LogP) is 2.15. The smallest absolute Gasteiger partial charge is 0.426 e. The van der Waals surface area contributed by atoms with Gasteiger partial charge in [0.25, 0.3) is 0 Å². The summed E-state index contributed by atoms with van der Waals surface area (Å²) in [5, 5.41) is 8.20. The van der Waals surface area contributed by atoms with Gasteiger partial charge in [-0.15, -0.1) is 0 Å². The van der Waals surface area contributed by atoms with Gasteiger partial charge in [0.15, 0.2) is 0 Å². The van der Waals surface area contributed by atoms with Gasteiger partial charge in [-0.2, -0.15) is 13.2 Å². The van der Waals surface area contributed by atoms with Gasteiger partial charge in [0.1, 0.15) is 0 Å². The molecule has 0 radical (unpaired) electrons. The van der Waals surface area contributed by atoms with E-state index in [4.69, 9.17) is 5.11 Å². The van der Waals surface area contributed by atoms with Crippen molar-refractivity contribution >= 4 is 11.9 Å². The Hall–Kier alpha value is -1.53. The number of rotatable bonds is 3. The van der Waals surface area contributed by atoms with Crippen molar-refractivity contribution in [3.05, 3.63) is 12.2 Å². The quantitative estimate of drug-likeness (QED) is 0.619. The van der Waals surface area contributed by atoms with Crippen LogP contribution in [0.5, 0.6) is 0 Å². The lowest BCUT2D eigenvalue weighted by Gasteiger charge is -2.31. The molecule has 0 amide bonds. The van der Waals surface area contributed by atoms with E-state index < -0.39 is 29.6 Å². The molecule has 0 aliphatic carbocycles. The van der Waals surface area contributed by atoms with E-state index in [-0.39, 0.29) is 0 Å². The molecule has 1 unspecified atom stereocenters. The van der Waals surface area contributed by atoms with Crippen molar-refractivity contribution in [3.8, 4) is 0 Å². The van der Waals surface area contributed by atoms with Crippen LogP contribution in [0.1, 0.15) is 20.8 Å². The zero-order chi connectivity index (χ0) is 13.9. The molecule has 0 rings (SSSR count). The van der Waals surface area contributed by atoms with Crippen LogP contribution < -0.4 is 0 Å². The topological polar surface area (TPSA) is 63.6 Å². The lowest BCUT2D eigenvalue weighted by molar-refractivity contribution is -0.242. The van der Waals surface area contributed by atoms with E-state index in [1.807, 2.05) is 0 Å². The first-order valence-electron chi connectivity index (χ1n) is 4.63. The molecule has 0 aromatic rings. The number of ether oxygens (including phenoxy) is 1. The van der Waals surface area contributed by atoms with Crippen LogP contribution in [0.25, 0.3) is 0 Å². The number of carboxylic acids is 1. The fourth-order valence-corrected chi connectivity index (χ4v) is 1.03. The van der Waals surface area contributed by atoms with E-state index in [2.05, 4.69) is 4.74 Å². The minimum absolute atomic E-state index is 0.415. The van der Waals surface area contributed by atoms with Gasteiger partial charge in [0, 0.05) is 17.6 Å². The fraction of sp³-hybridized carbons (Fsp3) is 0.600. The number of alkyl halides is 3. The van der Waals surface area contributed by atoms with Crippen molar-refractivity contribution in [1.29, 1.82) is 0 Å². The molecule has 0 aromatic carbocycles. The summed E-state index contributed by atoms with van der Waals surface area (Å²) in [4.78, 5) is 21.0. The highest BCUT2D eigenvalue weighted by atomic mass is 19.4. The highest BCUT2D eigenvalue weighted by molar-refractivity contribution is 5.90. The lowest BCUT2D eigenvalue weighted by Crippen LogP contribution is -2.43. The zero-order valence-electron chi connectivity index (χ0n) is 9.54. The van der Waals surface area contributed by atoms with E-state index in [0.29, 0.717) is 12.2 Å². The summed E-state index contributed by atoms with van der Waals surface area (Å²) in [6, 6.07) is 0. The molecule has 0 aliphatic rings. The first-order valence-corrected chi connectivity index (χ1v) is 4.63. The summed E-state index contributed by atoms with van der Waals surface area (Å²) >= 11 is 0. The average Bonchev–Trinajstić information content (AvgIpc) is 2.07. The monoisotopic (exact) mass is 254 g/mol. The fourth-order valence-electron chi connectivity index (χ4n) is 1.03. The number of hydrogen-bond donors (Lipinski definition) is 1. The van der Waals surface area contributed by atoms with Gasteiger partial charge in [-0.1, -0.05) is 20.8 Å². The maximum atomic E-state index is 12.6. The first kappa shape index (κ1) is 15.5. The zero-order valence-corrected chi connectivity index (χ0v) is 9.54. The summed E-state index contributed by atoms with van der Waals surface area (Å²) in [6.45, 7) is 3.79. The van der Waals surface area contributed by atoms with Crippen molar-refractivity contribution < 1.29 is 32.6 Å². The molecule has 0 saturated heterocycles. The molecular formula is C10H13F3O4. The van der Waals surface area contributed by atoms with Crippen molar-refractivity contribution in [2.75, 3.05) is 0 Å². The van der Waals surface area contributed by atoms with Gasteiger partial charge in [-0.05, 0) is 0 Å². The summed E-state index contributed by atoms with van der Waals surface area (Å²) in [5.74, 6) is -2.79.